The minimum absolute atomic E-state index is 0.0496. The van der Waals surface area contributed by atoms with Crippen molar-refractivity contribution in [2.45, 2.75) is 18.1 Å². The summed E-state index contributed by atoms with van der Waals surface area (Å²) in [5.74, 6) is -0.148. The van der Waals surface area contributed by atoms with E-state index in [2.05, 4.69) is 10.2 Å². The van der Waals surface area contributed by atoms with Crippen LogP contribution in [0, 0.1) is 0 Å². The predicted molar refractivity (Wildman–Crippen MR) is 97.3 cm³/mol. The second kappa shape index (κ2) is 8.05. The zero-order chi connectivity index (χ0) is 20.3. The van der Waals surface area contributed by atoms with Crippen LogP contribution < -0.4 is 14.2 Å². The van der Waals surface area contributed by atoms with Crippen molar-refractivity contribution >= 4 is 15.7 Å². The maximum Gasteiger partial charge on any atom is 0.336 e. The Balaban J connectivity index is 1.88. The van der Waals surface area contributed by atoms with Crippen LogP contribution >= 0.6 is 0 Å². The van der Waals surface area contributed by atoms with Crippen LogP contribution in [0.1, 0.15) is 12.8 Å². The first-order chi connectivity index (χ1) is 13.4. The highest BCUT2D eigenvalue weighted by Crippen LogP contribution is 2.41. The highest BCUT2D eigenvalue weighted by atomic mass is 32.2. The van der Waals surface area contributed by atoms with Crippen LogP contribution in [0.25, 0.3) is 11.5 Å². The Hall–Kier alpha value is -2.82. The number of ether oxygens (including phenoxy) is 3. The molecule has 152 valence electrons. The van der Waals surface area contributed by atoms with Crippen molar-refractivity contribution < 1.29 is 31.8 Å². The van der Waals surface area contributed by atoms with Gasteiger partial charge < -0.3 is 23.5 Å². The van der Waals surface area contributed by atoms with Crippen molar-refractivity contribution in [1.82, 2.24) is 15.1 Å². The number of benzene rings is 1. The normalized spacial score (nSPS) is 14.2. The monoisotopic (exact) mass is 411 g/mol. The summed E-state index contributed by atoms with van der Waals surface area (Å²) in [4.78, 5) is 13.7. The van der Waals surface area contributed by atoms with Crippen LogP contribution in [0.2, 0.25) is 0 Å². The van der Waals surface area contributed by atoms with Crippen molar-refractivity contribution in [3.63, 3.8) is 0 Å². The van der Waals surface area contributed by atoms with Gasteiger partial charge in [-0.1, -0.05) is 5.10 Å². The first-order valence-corrected chi connectivity index (χ1v) is 10.2. The van der Waals surface area contributed by atoms with Gasteiger partial charge in [-0.3, -0.25) is 4.79 Å². The summed E-state index contributed by atoms with van der Waals surface area (Å²) in [6, 6.07) is 3.11. The molecule has 10 nitrogen and oxygen atoms in total. The van der Waals surface area contributed by atoms with Crippen molar-refractivity contribution in [2.75, 3.05) is 40.2 Å². The van der Waals surface area contributed by atoms with Gasteiger partial charge in [0, 0.05) is 18.7 Å². The number of rotatable bonds is 7. The Kier molecular flexibility index (Phi) is 5.73. The molecule has 1 aliphatic heterocycles. The first-order valence-electron chi connectivity index (χ1n) is 8.54. The second-order valence-corrected chi connectivity index (χ2v) is 8.00. The van der Waals surface area contributed by atoms with E-state index in [1.807, 2.05) is 0 Å². The minimum Gasteiger partial charge on any atom is -0.493 e. The number of nitrogens with zero attached hydrogens (tertiary/aromatic N) is 3. The predicted octanol–water partition coefficient (Wildman–Crippen LogP) is 1.16. The van der Waals surface area contributed by atoms with E-state index in [-0.39, 0.29) is 5.89 Å². The lowest BCUT2D eigenvalue weighted by Crippen LogP contribution is -2.33. The van der Waals surface area contributed by atoms with Gasteiger partial charge in [-0.15, -0.1) is 5.10 Å². The summed E-state index contributed by atoms with van der Waals surface area (Å²) in [5.41, 5.74) is 0.384. The summed E-state index contributed by atoms with van der Waals surface area (Å²) in [7, 11) is 0.326. The Labute approximate surface area is 162 Å². The average Bonchev–Trinajstić information content (AvgIpc) is 3.38. The van der Waals surface area contributed by atoms with Crippen LogP contribution in [0.15, 0.2) is 21.8 Å². The van der Waals surface area contributed by atoms with Gasteiger partial charge in [-0.05, 0) is 25.0 Å². The number of carbonyl (C=O) groups excluding carboxylic acids is 1. The molecule has 0 unspecified atom stereocenters. The fourth-order valence-corrected chi connectivity index (χ4v) is 3.94. The zero-order valence-corrected chi connectivity index (χ0v) is 16.6. The van der Waals surface area contributed by atoms with E-state index in [1.54, 1.807) is 12.1 Å². The molecular weight excluding hydrogens is 390 g/mol. The van der Waals surface area contributed by atoms with Crippen molar-refractivity contribution in [1.29, 1.82) is 0 Å². The molecule has 0 saturated carbocycles. The van der Waals surface area contributed by atoms with E-state index in [0.717, 1.165) is 12.8 Å². The summed E-state index contributed by atoms with van der Waals surface area (Å²) in [6.07, 6.45) is 1.75. The van der Waals surface area contributed by atoms with Crippen molar-refractivity contribution in [2.24, 2.45) is 0 Å². The molecule has 28 heavy (non-hydrogen) atoms. The zero-order valence-electron chi connectivity index (χ0n) is 15.8. The minimum atomic E-state index is -4.05. The lowest BCUT2D eigenvalue weighted by atomic mass is 10.2. The third kappa shape index (κ3) is 3.88. The molecule has 1 fully saturated rings. The number of aromatic nitrogens is 2. The number of likely N-dealkylation sites (tertiary alicyclic amines) is 1. The Morgan fingerprint density at radius 1 is 1.07 bits per heavy atom. The Morgan fingerprint density at radius 2 is 1.68 bits per heavy atom. The molecule has 1 aromatic carbocycles. The fourth-order valence-electron chi connectivity index (χ4n) is 2.94. The summed E-state index contributed by atoms with van der Waals surface area (Å²) in [5, 5.41) is 6.79. The van der Waals surface area contributed by atoms with Crippen LogP contribution in [-0.2, 0) is 14.6 Å². The molecular formula is C17H21N3O7S. The molecule has 2 heterocycles. The molecule has 0 bridgehead atoms. The number of carbonyl (C=O) groups is 1. The van der Waals surface area contributed by atoms with E-state index in [1.165, 1.54) is 26.2 Å². The molecule has 1 saturated heterocycles. The van der Waals surface area contributed by atoms with Gasteiger partial charge in [0.05, 0.1) is 21.3 Å². The van der Waals surface area contributed by atoms with Gasteiger partial charge in [-0.25, -0.2) is 8.42 Å². The lowest BCUT2D eigenvalue weighted by Gasteiger charge is -2.14. The number of sulfone groups is 1. The van der Waals surface area contributed by atoms with E-state index >= 15 is 0 Å². The number of hydrogen-bond acceptors (Lipinski definition) is 9. The summed E-state index contributed by atoms with van der Waals surface area (Å²) >= 11 is 0. The van der Waals surface area contributed by atoms with Crippen LogP contribution in [0.4, 0.5) is 0 Å². The Morgan fingerprint density at radius 3 is 2.21 bits per heavy atom. The highest BCUT2D eigenvalue weighted by Gasteiger charge is 2.30. The molecule has 2 aromatic rings. The van der Waals surface area contributed by atoms with Gasteiger partial charge in [0.15, 0.2) is 11.5 Å². The molecule has 1 amide bonds. The number of methoxy groups -OCH3 is 3. The lowest BCUT2D eigenvalue weighted by molar-refractivity contribution is -0.127. The van der Waals surface area contributed by atoms with Gasteiger partial charge in [0.1, 0.15) is 5.75 Å². The van der Waals surface area contributed by atoms with E-state index in [4.69, 9.17) is 18.6 Å². The van der Waals surface area contributed by atoms with E-state index < -0.39 is 26.7 Å². The van der Waals surface area contributed by atoms with E-state index in [9.17, 15) is 13.2 Å². The SMILES string of the molecule is COc1cc(-c2nnc(S(=O)(=O)CC(=O)N3CCCC3)o2)cc(OC)c1OC. The molecule has 3 rings (SSSR count). The smallest absolute Gasteiger partial charge is 0.336 e. The molecule has 0 N–H and O–H groups in total. The Bertz CT molecular complexity index is 940. The van der Waals surface area contributed by atoms with E-state index in [0.29, 0.717) is 35.9 Å². The number of hydrogen-bond donors (Lipinski definition) is 0. The molecule has 0 radical (unpaired) electrons. The first kappa shape index (κ1) is 19.9. The summed E-state index contributed by atoms with van der Waals surface area (Å²) in [6.45, 7) is 1.13. The van der Waals surface area contributed by atoms with Crippen LogP contribution in [0.5, 0.6) is 17.2 Å². The highest BCUT2D eigenvalue weighted by molar-refractivity contribution is 7.91. The van der Waals surface area contributed by atoms with Gasteiger partial charge >= 0.3 is 5.22 Å². The van der Waals surface area contributed by atoms with Crippen LogP contribution in [0.3, 0.4) is 0 Å². The van der Waals surface area contributed by atoms with Gasteiger partial charge in [-0.2, -0.15) is 0 Å². The molecule has 1 aliphatic rings. The maximum absolute atomic E-state index is 12.5. The topological polar surface area (TPSA) is 121 Å². The molecule has 11 heteroatoms. The van der Waals surface area contributed by atoms with Crippen molar-refractivity contribution in [3.8, 4) is 28.7 Å². The maximum atomic E-state index is 12.5. The molecule has 0 atom stereocenters. The molecule has 1 aromatic heterocycles. The third-order valence-corrected chi connectivity index (χ3v) is 5.68. The quantitative estimate of drug-likeness (QED) is 0.660. The third-order valence-electron chi connectivity index (χ3n) is 4.36. The van der Waals surface area contributed by atoms with Crippen LogP contribution in [-0.4, -0.2) is 69.6 Å². The average molecular weight is 411 g/mol. The second-order valence-electron chi connectivity index (χ2n) is 6.13. The standard InChI is InChI=1S/C17H21N3O7S/c1-24-12-8-11(9-13(25-2)15(12)26-3)16-18-19-17(27-16)28(22,23)10-14(21)20-6-4-5-7-20/h8-9H,4-7,10H2,1-3H3. The fraction of sp³-hybridized carbons (Fsp3) is 0.471. The number of amides is 1. The largest absolute Gasteiger partial charge is 0.493 e. The van der Waals surface area contributed by atoms with Gasteiger partial charge in [0.2, 0.25) is 27.4 Å². The van der Waals surface area contributed by atoms with Gasteiger partial charge in [0.25, 0.3) is 0 Å². The van der Waals surface area contributed by atoms with Crippen molar-refractivity contribution in [3.05, 3.63) is 12.1 Å². The molecule has 0 aliphatic carbocycles. The summed E-state index contributed by atoms with van der Waals surface area (Å²) < 4.78 is 46.1. The molecule has 0 spiro atoms.